The summed E-state index contributed by atoms with van der Waals surface area (Å²) in [7, 11) is 0. The Morgan fingerprint density at radius 3 is 2.27 bits per heavy atom. The first-order valence-corrected chi connectivity index (χ1v) is 19.6. The van der Waals surface area contributed by atoms with Crippen molar-refractivity contribution in [1.82, 2.24) is 5.32 Å². The Bertz CT molecular complexity index is 1510. The number of hydrogen-bond donors (Lipinski definition) is 4. The highest BCUT2D eigenvalue weighted by Gasteiger charge is 2.62. The minimum Gasteiger partial charge on any atom is -0.459 e. The van der Waals surface area contributed by atoms with Gasteiger partial charge in [-0.2, -0.15) is 0 Å². The molecular weight excluding hydrogens is 640 g/mol. The number of aliphatic hydroxyl groups excluding tert-OH is 2. The number of carbonyl (C=O) groups excluding carboxylic acids is 3. The smallest absolute Gasteiger partial charge is 0.328 e. The molecule has 11 atom stereocenters. The lowest BCUT2D eigenvalue weighted by molar-refractivity contribution is -0.174. The predicted molar refractivity (Wildman–Crippen MR) is 198 cm³/mol. The van der Waals surface area contributed by atoms with Crippen molar-refractivity contribution in [2.75, 3.05) is 5.32 Å². The van der Waals surface area contributed by atoms with Crippen LogP contribution in [0.4, 0.5) is 5.69 Å². The van der Waals surface area contributed by atoms with Gasteiger partial charge in [-0.15, -0.1) is 0 Å². The maximum absolute atomic E-state index is 13.4. The first-order chi connectivity index (χ1) is 24.4. The lowest BCUT2D eigenvalue weighted by atomic mass is 9.43. The molecule has 51 heavy (non-hydrogen) atoms. The van der Waals surface area contributed by atoms with E-state index in [1.807, 2.05) is 61.5 Å². The van der Waals surface area contributed by atoms with E-state index in [4.69, 9.17) is 4.74 Å². The van der Waals surface area contributed by atoms with Crippen LogP contribution < -0.4 is 10.6 Å². The van der Waals surface area contributed by atoms with Crippen LogP contribution in [0.5, 0.6) is 0 Å². The van der Waals surface area contributed by atoms with Gasteiger partial charge >= 0.3 is 5.97 Å². The van der Waals surface area contributed by atoms with Crippen molar-refractivity contribution < 1.29 is 29.3 Å². The summed E-state index contributed by atoms with van der Waals surface area (Å²) in [6.45, 7) is 9.25. The van der Waals surface area contributed by atoms with E-state index in [9.17, 15) is 24.6 Å². The quantitative estimate of drug-likeness (QED) is 0.172. The average molecular weight is 701 g/mol. The summed E-state index contributed by atoms with van der Waals surface area (Å²) in [5, 5.41) is 27.8. The minimum absolute atomic E-state index is 0.0614. The summed E-state index contributed by atoms with van der Waals surface area (Å²) in [5.41, 5.74) is 2.97. The zero-order valence-electron chi connectivity index (χ0n) is 31.1. The van der Waals surface area contributed by atoms with Gasteiger partial charge in [0.2, 0.25) is 11.8 Å². The third-order valence-electron chi connectivity index (χ3n) is 14.1. The highest BCUT2D eigenvalue weighted by atomic mass is 16.5. The fraction of sp³-hybridized carbons (Fsp3) is 0.651. The molecule has 0 bridgehead atoms. The third-order valence-corrected chi connectivity index (χ3v) is 14.1. The molecule has 0 spiro atoms. The van der Waals surface area contributed by atoms with Gasteiger partial charge in [-0.25, -0.2) is 4.79 Å². The van der Waals surface area contributed by atoms with Gasteiger partial charge in [-0.05, 0) is 135 Å². The molecule has 2 aromatic rings. The van der Waals surface area contributed by atoms with Crippen LogP contribution in [-0.2, 0) is 25.7 Å². The number of esters is 1. The molecule has 4 fully saturated rings. The molecule has 8 nitrogen and oxygen atoms in total. The van der Waals surface area contributed by atoms with Crippen LogP contribution in [0.3, 0.4) is 0 Å². The third kappa shape index (κ3) is 8.22. The number of amides is 2. The summed E-state index contributed by atoms with van der Waals surface area (Å²) in [4.78, 5) is 39.5. The molecule has 0 aromatic heterocycles. The Balaban J connectivity index is 1.05. The van der Waals surface area contributed by atoms with Crippen molar-refractivity contribution in [2.45, 2.75) is 130 Å². The Morgan fingerprint density at radius 2 is 1.53 bits per heavy atom. The van der Waals surface area contributed by atoms with Crippen LogP contribution in [0.15, 0.2) is 54.6 Å². The monoisotopic (exact) mass is 700 g/mol. The Hall–Kier alpha value is -3.23. The molecule has 278 valence electrons. The zero-order chi connectivity index (χ0) is 36.3. The standard InChI is InChI=1S/C43H60N2O6/c1-27-10-13-31(14-11-27)44-38(48)19-17-36(41(50)51-26-29-8-6-5-7-9-29)45-39(49)18-12-28(2)33-15-16-34-40-35(21-23-43(33,34)4)42(3)22-20-32(46)24-30(42)25-37(40)47/h5-11,13-14,28,30,32-37,40,46-47H,12,15-26H2,1-4H3,(H,44,48)(H,45,49)/t28-,30+,32-,33-,34+,35+,36+,37-,40+,42+,43-/m1/s1. The molecular formula is C43H60N2O6. The number of nitrogens with one attached hydrogen (secondary N) is 2. The maximum Gasteiger partial charge on any atom is 0.328 e. The summed E-state index contributed by atoms with van der Waals surface area (Å²) in [6, 6.07) is 16.0. The molecule has 6 rings (SSSR count). The fourth-order valence-electron chi connectivity index (χ4n) is 11.2. The van der Waals surface area contributed by atoms with Crippen molar-refractivity contribution >= 4 is 23.5 Å². The van der Waals surface area contributed by atoms with Crippen LogP contribution in [0.1, 0.15) is 109 Å². The van der Waals surface area contributed by atoms with Crippen molar-refractivity contribution in [3.8, 4) is 0 Å². The largest absolute Gasteiger partial charge is 0.459 e. The van der Waals surface area contributed by atoms with E-state index >= 15 is 0 Å². The molecule has 4 N–H and O–H groups in total. The molecule has 0 unspecified atom stereocenters. The Kier molecular flexibility index (Phi) is 11.6. The zero-order valence-corrected chi connectivity index (χ0v) is 31.1. The van der Waals surface area contributed by atoms with E-state index in [1.54, 1.807) is 0 Å². The number of hydrogen-bond acceptors (Lipinski definition) is 6. The van der Waals surface area contributed by atoms with Gasteiger partial charge in [0.25, 0.3) is 0 Å². The van der Waals surface area contributed by atoms with E-state index in [2.05, 4.69) is 31.4 Å². The van der Waals surface area contributed by atoms with E-state index in [-0.39, 0.29) is 54.3 Å². The fourth-order valence-corrected chi connectivity index (χ4v) is 11.2. The van der Waals surface area contributed by atoms with E-state index < -0.39 is 12.0 Å². The second-order valence-corrected chi connectivity index (χ2v) is 17.1. The number of ether oxygens (including phenoxy) is 1. The topological polar surface area (TPSA) is 125 Å². The van der Waals surface area contributed by atoms with E-state index in [0.717, 1.165) is 62.5 Å². The number of aliphatic hydroxyl groups is 2. The van der Waals surface area contributed by atoms with Crippen molar-refractivity contribution in [1.29, 1.82) is 0 Å². The van der Waals surface area contributed by atoms with E-state index in [1.165, 1.54) is 0 Å². The van der Waals surface area contributed by atoms with Crippen molar-refractivity contribution in [3.05, 3.63) is 65.7 Å². The first-order valence-electron chi connectivity index (χ1n) is 19.6. The molecule has 0 aliphatic heterocycles. The molecule has 4 saturated carbocycles. The number of rotatable bonds is 12. The van der Waals surface area contributed by atoms with Gasteiger partial charge in [0.05, 0.1) is 12.2 Å². The number of benzene rings is 2. The molecule has 0 saturated heterocycles. The summed E-state index contributed by atoms with van der Waals surface area (Å²) in [5.74, 6) is 1.52. The summed E-state index contributed by atoms with van der Waals surface area (Å²) < 4.78 is 5.61. The molecule has 4 aliphatic rings. The summed E-state index contributed by atoms with van der Waals surface area (Å²) >= 11 is 0. The van der Waals surface area contributed by atoms with E-state index in [0.29, 0.717) is 54.0 Å². The number of anilines is 1. The average Bonchev–Trinajstić information content (AvgIpc) is 3.47. The maximum atomic E-state index is 13.4. The van der Waals surface area contributed by atoms with Gasteiger partial charge in [0.1, 0.15) is 12.6 Å². The molecule has 4 aliphatic carbocycles. The van der Waals surface area contributed by atoms with Crippen LogP contribution in [0, 0.1) is 53.3 Å². The van der Waals surface area contributed by atoms with Gasteiger partial charge < -0.3 is 25.6 Å². The number of aryl methyl sites for hydroxylation is 1. The number of fused-ring (bicyclic) bond motifs is 5. The lowest BCUT2D eigenvalue weighted by Gasteiger charge is -2.62. The molecule has 0 radical (unpaired) electrons. The normalized spacial score (nSPS) is 33.9. The van der Waals surface area contributed by atoms with Crippen LogP contribution >= 0.6 is 0 Å². The molecule has 2 amide bonds. The highest BCUT2D eigenvalue weighted by Crippen LogP contribution is 2.68. The highest BCUT2D eigenvalue weighted by molar-refractivity contribution is 5.91. The molecule has 2 aromatic carbocycles. The van der Waals surface area contributed by atoms with Crippen LogP contribution in [0.2, 0.25) is 0 Å². The van der Waals surface area contributed by atoms with Gasteiger partial charge in [0, 0.05) is 18.5 Å². The van der Waals surface area contributed by atoms with Crippen molar-refractivity contribution in [3.63, 3.8) is 0 Å². The Morgan fingerprint density at radius 1 is 0.843 bits per heavy atom. The first kappa shape index (κ1) is 37.5. The molecule has 8 heteroatoms. The minimum atomic E-state index is -0.928. The van der Waals surface area contributed by atoms with Gasteiger partial charge in [-0.3, -0.25) is 9.59 Å². The van der Waals surface area contributed by atoms with Crippen LogP contribution in [-0.4, -0.2) is 46.2 Å². The number of carbonyl (C=O) groups is 3. The van der Waals surface area contributed by atoms with Crippen molar-refractivity contribution in [2.24, 2.45) is 46.3 Å². The second kappa shape index (κ2) is 15.8. The summed E-state index contributed by atoms with van der Waals surface area (Å²) in [6.07, 6.45) is 8.77. The Labute approximate surface area is 304 Å². The lowest BCUT2D eigenvalue weighted by Crippen LogP contribution is -2.58. The van der Waals surface area contributed by atoms with Gasteiger partial charge in [0.15, 0.2) is 0 Å². The predicted octanol–water partition coefficient (Wildman–Crippen LogP) is 7.35. The SMILES string of the molecule is Cc1ccc(NC(=O)CC[C@H](NC(=O)CC[C@@H](C)[C@H]2CC[C@H]3[C@@H]4[C@H](O)C[C@@H]5C[C@H](O)CC[C@]5(C)[C@H]4CC[C@]23C)C(=O)OCc2ccccc2)cc1. The molecule has 0 heterocycles. The van der Waals surface area contributed by atoms with Gasteiger partial charge in [-0.1, -0.05) is 68.8 Å². The second-order valence-electron chi connectivity index (χ2n) is 17.1. The van der Waals surface area contributed by atoms with Crippen LogP contribution in [0.25, 0.3) is 0 Å².